The van der Waals surface area contributed by atoms with Crippen LogP contribution in [0.2, 0.25) is 0 Å². The zero-order valence-corrected chi connectivity index (χ0v) is 6.85. The van der Waals surface area contributed by atoms with Crippen LogP contribution in [0.25, 0.3) is 0 Å². The topological polar surface area (TPSA) is 20.2 Å². The van der Waals surface area contributed by atoms with Crippen LogP contribution in [-0.4, -0.2) is 11.7 Å². The van der Waals surface area contributed by atoms with Gasteiger partial charge in [0.2, 0.25) is 0 Å². The highest BCUT2D eigenvalue weighted by Gasteiger charge is 2.89. The van der Waals surface area contributed by atoms with Crippen LogP contribution in [0.15, 0.2) is 23.8 Å². The van der Waals surface area contributed by atoms with Crippen LogP contribution in [0.3, 0.4) is 0 Å². The molecule has 0 atom stereocenters. The summed E-state index contributed by atoms with van der Waals surface area (Å²) < 4.78 is 0. The molecule has 2 bridgehead atoms. The predicted molar refractivity (Wildman–Crippen MR) is 45.2 cm³/mol. The van der Waals surface area contributed by atoms with E-state index in [1.54, 1.807) is 5.57 Å². The summed E-state index contributed by atoms with van der Waals surface area (Å²) in [6, 6.07) is 0. The monoisotopic (exact) mass is 160 g/mol. The fourth-order valence-corrected chi connectivity index (χ4v) is 4.13. The SMILES string of the molecule is OC/C=C/C=C1C2C3C2C2C1C32. The van der Waals surface area contributed by atoms with Gasteiger partial charge in [0.15, 0.2) is 0 Å². The third kappa shape index (κ3) is 0.411. The van der Waals surface area contributed by atoms with Crippen molar-refractivity contribution in [2.24, 2.45) is 35.5 Å². The Kier molecular flexibility index (Phi) is 0.776. The molecule has 5 aliphatic rings. The molecular weight excluding hydrogens is 148 g/mol. The molecular formula is C11H12O. The summed E-state index contributed by atoms with van der Waals surface area (Å²) >= 11 is 0. The summed E-state index contributed by atoms with van der Waals surface area (Å²) in [6.45, 7) is 0.179. The van der Waals surface area contributed by atoms with Crippen molar-refractivity contribution in [2.45, 2.75) is 0 Å². The Hall–Kier alpha value is -0.560. The Labute approximate surface area is 71.8 Å². The van der Waals surface area contributed by atoms with Crippen molar-refractivity contribution < 1.29 is 5.11 Å². The van der Waals surface area contributed by atoms with E-state index in [0.717, 1.165) is 35.5 Å². The van der Waals surface area contributed by atoms with E-state index in [1.165, 1.54) is 0 Å². The van der Waals surface area contributed by atoms with E-state index in [0.29, 0.717) is 0 Å². The van der Waals surface area contributed by atoms with E-state index in [4.69, 9.17) is 5.11 Å². The lowest BCUT2D eigenvalue weighted by molar-refractivity contribution is 0.343. The molecule has 0 unspecified atom stereocenters. The first-order chi connectivity index (χ1) is 5.95. The van der Waals surface area contributed by atoms with Crippen LogP contribution in [0.4, 0.5) is 0 Å². The number of hydrogen-bond donors (Lipinski definition) is 1. The lowest BCUT2D eigenvalue weighted by Crippen LogP contribution is -2.00. The van der Waals surface area contributed by atoms with Crippen LogP contribution < -0.4 is 0 Å². The first-order valence-electron chi connectivity index (χ1n) is 4.92. The van der Waals surface area contributed by atoms with Gasteiger partial charge in [-0.25, -0.2) is 0 Å². The molecule has 5 rings (SSSR count). The zero-order valence-electron chi connectivity index (χ0n) is 6.85. The minimum atomic E-state index is 0.179. The predicted octanol–water partition coefficient (Wildman–Crippen LogP) is 1.21. The van der Waals surface area contributed by atoms with Crippen LogP contribution in [-0.2, 0) is 0 Å². The molecule has 12 heavy (non-hydrogen) atoms. The maximum absolute atomic E-state index is 8.58. The van der Waals surface area contributed by atoms with Gasteiger partial charge in [-0.15, -0.1) is 0 Å². The van der Waals surface area contributed by atoms with Crippen molar-refractivity contribution >= 4 is 0 Å². The Balaban J connectivity index is 1.64. The molecule has 5 fully saturated rings. The van der Waals surface area contributed by atoms with Gasteiger partial charge in [0.1, 0.15) is 0 Å². The quantitative estimate of drug-likeness (QED) is 0.643. The third-order valence-corrected chi connectivity index (χ3v) is 4.45. The average molecular weight is 160 g/mol. The molecule has 0 saturated heterocycles. The number of hydrogen-bond acceptors (Lipinski definition) is 1. The molecule has 0 heterocycles. The molecule has 1 heteroatoms. The summed E-state index contributed by atoms with van der Waals surface area (Å²) in [5, 5.41) is 8.58. The molecule has 0 radical (unpaired) electrons. The number of aliphatic hydroxyl groups excluding tert-OH is 1. The van der Waals surface area contributed by atoms with E-state index < -0.39 is 0 Å². The van der Waals surface area contributed by atoms with Gasteiger partial charge in [-0.2, -0.15) is 0 Å². The Morgan fingerprint density at radius 2 is 1.67 bits per heavy atom. The second-order valence-corrected chi connectivity index (χ2v) is 4.64. The standard InChI is InChI=1S/C11H12O/c12-4-2-1-3-5-6-8-9(6)11-7(5)10(8)11/h1-3,6-12H,4H2/b2-1+,5-3?. The second kappa shape index (κ2) is 1.56. The van der Waals surface area contributed by atoms with Crippen molar-refractivity contribution in [3.8, 4) is 0 Å². The van der Waals surface area contributed by atoms with Gasteiger partial charge in [0.05, 0.1) is 6.61 Å². The van der Waals surface area contributed by atoms with Gasteiger partial charge >= 0.3 is 0 Å². The molecule has 62 valence electrons. The minimum absolute atomic E-state index is 0.179. The van der Waals surface area contributed by atoms with E-state index in [2.05, 4.69) is 6.08 Å². The molecule has 0 amide bonds. The maximum Gasteiger partial charge on any atom is 0.0615 e. The van der Waals surface area contributed by atoms with E-state index >= 15 is 0 Å². The third-order valence-electron chi connectivity index (χ3n) is 4.45. The highest BCUT2D eigenvalue weighted by atomic mass is 16.2. The Morgan fingerprint density at radius 3 is 2.17 bits per heavy atom. The largest absolute Gasteiger partial charge is 0.392 e. The molecule has 0 aromatic rings. The summed E-state index contributed by atoms with van der Waals surface area (Å²) in [7, 11) is 0. The molecule has 0 aromatic carbocycles. The van der Waals surface area contributed by atoms with E-state index in [9.17, 15) is 0 Å². The van der Waals surface area contributed by atoms with Crippen molar-refractivity contribution in [3.63, 3.8) is 0 Å². The van der Waals surface area contributed by atoms with Crippen LogP contribution in [0.1, 0.15) is 0 Å². The molecule has 5 aliphatic carbocycles. The van der Waals surface area contributed by atoms with E-state index in [1.807, 2.05) is 12.2 Å². The average Bonchev–Trinajstić information content (AvgIpc) is 2.75. The van der Waals surface area contributed by atoms with Gasteiger partial charge in [0.25, 0.3) is 0 Å². The van der Waals surface area contributed by atoms with Gasteiger partial charge < -0.3 is 5.11 Å². The number of rotatable bonds is 2. The number of aliphatic hydroxyl groups is 1. The van der Waals surface area contributed by atoms with Crippen molar-refractivity contribution in [3.05, 3.63) is 23.8 Å². The van der Waals surface area contributed by atoms with Crippen molar-refractivity contribution in [2.75, 3.05) is 6.61 Å². The lowest BCUT2D eigenvalue weighted by atomic mass is 10.0. The zero-order chi connectivity index (χ0) is 7.87. The van der Waals surface area contributed by atoms with Crippen LogP contribution >= 0.6 is 0 Å². The normalized spacial score (nSPS) is 61.6. The molecule has 0 aliphatic heterocycles. The lowest BCUT2D eigenvalue weighted by Gasteiger charge is -2.03. The summed E-state index contributed by atoms with van der Waals surface area (Å²) in [6.07, 6.45) is 6.13. The molecule has 0 spiro atoms. The molecule has 5 saturated carbocycles. The van der Waals surface area contributed by atoms with Gasteiger partial charge in [-0.1, -0.05) is 23.8 Å². The van der Waals surface area contributed by atoms with Crippen molar-refractivity contribution in [1.82, 2.24) is 0 Å². The van der Waals surface area contributed by atoms with Gasteiger partial charge in [0, 0.05) is 0 Å². The minimum Gasteiger partial charge on any atom is -0.392 e. The summed E-state index contributed by atoms with van der Waals surface area (Å²) in [5.41, 5.74) is 1.73. The molecule has 1 N–H and O–H groups in total. The smallest absolute Gasteiger partial charge is 0.0615 e. The highest BCUT2D eigenvalue weighted by molar-refractivity contribution is 5.51. The Morgan fingerprint density at radius 1 is 1.08 bits per heavy atom. The van der Waals surface area contributed by atoms with Crippen LogP contribution in [0.5, 0.6) is 0 Å². The van der Waals surface area contributed by atoms with Gasteiger partial charge in [-0.3, -0.25) is 0 Å². The van der Waals surface area contributed by atoms with E-state index in [-0.39, 0.29) is 6.61 Å². The first kappa shape index (κ1) is 5.98. The first-order valence-corrected chi connectivity index (χ1v) is 4.92. The molecule has 1 nitrogen and oxygen atoms in total. The highest BCUT2D eigenvalue weighted by Crippen LogP contribution is 2.93. The van der Waals surface area contributed by atoms with Crippen molar-refractivity contribution in [1.29, 1.82) is 0 Å². The fourth-order valence-electron chi connectivity index (χ4n) is 4.13. The second-order valence-electron chi connectivity index (χ2n) is 4.64. The Bertz CT molecular complexity index is 269. The number of allylic oxidation sites excluding steroid dienone is 3. The van der Waals surface area contributed by atoms with Gasteiger partial charge in [-0.05, 0) is 35.5 Å². The van der Waals surface area contributed by atoms with Crippen LogP contribution in [0, 0.1) is 35.5 Å². The summed E-state index contributed by atoms with van der Waals surface area (Å²) in [5.74, 6) is 6.55. The molecule has 0 aromatic heterocycles. The maximum atomic E-state index is 8.58. The summed E-state index contributed by atoms with van der Waals surface area (Å²) in [4.78, 5) is 0. The fraction of sp³-hybridized carbons (Fsp3) is 0.636.